The third-order valence-corrected chi connectivity index (χ3v) is 12.7. The molecule has 4 heteroatoms. The summed E-state index contributed by atoms with van der Waals surface area (Å²) in [5, 5.41) is 3.75. The van der Waals surface area contributed by atoms with Crippen molar-refractivity contribution in [1.29, 1.82) is 0 Å². The smallest absolute Gasteiger partial charge is 0.177 e. The Morgan fingerprint density at radius 3 is 2.14 bits per heavy atom. The predicted octanol–water partition coefficient (Wildman–Crippen LogP) is 12.2. The first kappa shape index (κ1) is 36.7. The molecule has 0 bridgehead atoms. The molecule has 0 aromatic heterocycles. The molecule has 2 heterocycles. The standard InChI is InChI=1S/C55H48N4/c1-37-24-26-39(27-25-37)44-19-12-21-46(34-44)53-57-52(58-55(3,59-53)47-22-13-20-45(35-47)38-14-6-4-7-15-38)43-30-28-42(29-31-43)50-36-49(40-16-8-5-9-17-40)54(2)48-23-11-10-18-41(48)32-33-51(54)56-50/h4-20,22-24,26-37,46,51H,21,25H2,1-3H3,(H,57,58,59)/t37?,46?,51?,54?,55-/m0/s1. The number of nitrogens with one attached hydrogen (secondary N) is 1. The minimum atomic E-state index is -0.844. The third kappa shape index (κ3) is 6.83. The van der Waals surface area contributed by atoms with Gasteiger partial charge in [-0.25, -0.2) is 9.98 Å². The van der Waals surface area contributed by atoms with Crippen molar-refractivity contribution in [3.05, 3.63) is 227 Å². The lowest BCUT2D eigenvalue weighted by Crippen LogP contribution is -2.43. The first-order chi connectivity index (χ1) is 28.8. The summed E-state index contributed by atoms with van der Waals surface area (Å²) in [6.45, 7) is 6.76. The van der Waals surface area contributed by atoms with E-state index in [0.29, 0.717) is 5.92 Å². The zero-order valence-corrected chi connectivity index (χ0v) is 33.9. The van der Waals surface area contributed by atoms with Crippen LogP contribution in [0.1, 0.15) is 67.0 Å². The van der Waals surface area contributed by atoms with E-state index in [0.717, 1.165) is 52.5 Å². The van der Waals surface area contributed by atoms with Crippen LogP contribution >= 0.6 is 0 Å². The van der Waals surface area contributed by atoms with Crippen molar-refractivity contribution in [2.45, 2.75) is 50.7 Å². The van der Waals surface area contributed by atoms with Gasteiger partial charge in [-0.3, -0.25) is 4.99 Å². The van der Waals surface area contributed by atoms with E-state index in [1.807, 2.05) is 0 Å². The van der Waals surface area contributed by atoms with E-state index in [9.17, 15) is 0 Å². The van der Waals surface area contributed by atoms with Gasteiger partial charge in [0.15, 0.2) is 5.66 Å². The van der Waals surface area contributed by atoms with E-state index >= 15 is 0 Å². The molecule has 0 saturated carbocycles. The Bertz CT molecular complexity index is 2720. The van der Waals surface area contributed by atoms with Crippen LogP contribution in [0.25, 0.3) is 22.8 Å². The van der Waals surface area contributed by atoms with Gasteiger partial charge in [0.25, 0.3) is 0 Å². The van der Waals surface area contributed by atoms with Gasteiger partial charge in [0.2, 0.25) is 0 Å². The topological polar surface area (TPSA) is 49.1 Å². The number of amidine groups is 2. The predicted molar refractivity (Wildman–Crippen MR) is 247 cm³/mol. The number of aliphatic imine (C=N–C) groups is 3. The van der Waals surface area contributed by atoms with E-state index < -0.39 is 5.66 Å². The lowest BCUT2D eigenvalue weighted by molar-refractivity contribution is 0.511. The molecule has 0 amide bonds. The van der Waals surface area contributed by atoms with Gasteiger partial charge >= 0.3 is 0 Å². The molecular formula is C55H48N4. The minimum absolute atomic E-state index is 0.0338. The summed E-state index contributed by atoms with van der Waals surface area (Å²) in [6, 6.07) is 47.5. The number of hydrogen-bond donors (Lipinski definition) is 1. The van der Waals surface area contributed by atoms with Crippen molar-refractivity contribution in [2.24, 2.45) is 26.8 Å². The van der Waals surface area contributed by atoms with Crippen molar-refractivity contribution in [1.82, 2.24) is 5.32 Å². The second-order valence-corrected chi connectivity index (χ2v) is 16.8. The Balaban J connectivity index is 1.03. The van der Waals surface area contributed by atoms with Crippen molar-refractivity contribution >= 4 is 29.0 Å². The zero-order valence-electron chi connectivity index (χ0n) is 33.9. The number of nitrogens with zero attached hydrogens (tertiary/aromatic N) is 3. The molecule has 5 aliphatic rings. The fraction of sp³-hybridized carbons (Fsp3) is 0.182. The molecule has 5 aromatic carbocycles. The maximum atomic E-state index is 5.47. The molecule has 2 aliphatic heterocycles. The van der Waals surface area contributed by atoms with Gasteiger partial charge in [0, 0.05) is 22.5 Å². The first-order valence-corrected chi connectivity index (χ1v) is 21.0. The Morgan fingerprint density at radius 2 is 1.36 bits per heavy atom. The van der Waals surface area contributed by atoms with Gasteiger partial charge < -0.3 is 5.32 Å². The number of rotatable bonds is 7. The van der Waals surface area contributed by atoms with E-state index in [-0.39, 0.29) is 17.4 Å². The molecule has 4 nitrogen and oxygen atoms in total. The van der Waals surface area contributed by atoms with Crippen molar-refractivity contribution in [3.63, 3.8) is 0 Å². The van der Waals surface area contributed by atoms with Gasteiger partial charge in [0.1, 0.15) is 11.7 Å². The summed E-state index contributed by atoms with van der Waals surface area (Å²) in [4.78, 5) is 16.4. The Kier molecular flexibility index (Phi) is 9.29. The van der Waals surface area contributed by atoms with Crippen molar-refractivity contribution in [3.8, 4) is 11.1 Å². The van der Waals surface area contributed by atoms with Gasteiger partial charge in [-0.05, 0) is 94.8 Å². The van der Waals surface area contributed by atoms with Crippen LogP contribution < -0.4 is 5.32 Å². The fourth-order valence-corrected chi connectivity index (χ4v) is 9.30. The maximum absolute atomic E-state index is 5.47. The maximum Gasteiger partial charge on any atom is 0.177 e. The molecule has 5 aromatic rings. The molecule has 59 heavy (non-hydrogen) atoms. The normalized spacial score (nSPS) is 25.6. The summed E-state index contributed by atoms with van der Waals surface area (Å²) in [6.07, 6.45) is 22.6. The van der Waals surface area contributed by atoms with Gasteiger partial charge in [-0.1, -0.05) is 183 Å². The van der Waals surface area contributed by atoms with E-state index in [1.165, 1.54) is 39.0 Å². The number of allylic oxidation sites excluding steroid dienone is 8. The lowest BCUT2D eigenvalue weighted by Gasteiger charge is -2.43. The highest BCUT2D eigenvalue weighted by molar-refractivity contribution is 6.16. The Morgan fingerprint density at radius 1 is 0.627 bits per heavy atom. The molecule has 288 valence electrons. The van der Waals surface area contributed by atoms with Crippen molar-refractivity contribution < 1.29 is 0 Å². The lowest BCUT2D eigenvalue weighted by atomic mass is 9.63. The second kappa shape index (κ2) is 14.9. The highest BCUT2D eigenvalue weighted by Crippen LogP contribution is 2.49. The van der Waals surface area contributed by atoms with Crippen LogP contribution in [-0.4, -0.2) is 23.4 Å². The zero-order chi connectivity index (χ0) is 40.0. The Hall–Kier alpha value is -6.65. The number of benzene rings is 5. The van der Waals surface area contributed by atoms with Crippen LogP contribution in [0.4, 0.5) is 0 Å². The summed E-state index contributed by atoms with van der Waals surface area (Å²) in [5.74, 6) is 2.39. The molecular weight excluding hydrogens is 717 g/mol. The van der Waals surface area contributed by atoms with Crippen LogP contribution in [0.2, 0.25) is 0 Å². The van der Waals surface area contributed by atoms with Crippen LogP contribution in [-0.2, 0) is 11.1 Å². The van der Waals surface area contributed by atoms with Gasteiger partial charge in [-0.2, -0.15) is 0 Å². The first-order valence-electron chi connectivity index (χ1n) is 21.0. The average Bonchev–Trinajstić information content (AvgIpc) is 3.29. The molecule has 4 unspecified atom stereocenters. The van der Waals surface area contributed by atoms with Crippen LogP contribution in [0.5, 0.6) is 0 Å². The van der Waals surface area contributed by atoms with E-state index in [2.05, 4.69) is 214 Å². The number of hydrogen-bond acceptors (Lipinski definition) is 4. The molecule has 3 aliphatic carbocycles. The van der Waals surface area contributed by atoms with Gasteiger partial charge in [-0.15, -0.1) is 0 Å². The third-order valence-electron chi connectivity index (χ3n) is 12.7. The molecule has 10 rings (SSSR count). The number of dihydropyridines is 1. The summed E-state index contributed by atoms with van der Waals surface area (Å²) >= 11 is 0. The highest BCUT2D eigenvalue weighted by Gasteiger charge is 2.44. The van der Waals surface area contributed by atoms with Crippen LogP contribution in [0.3, 0.4) is 0 Å². The molecule has 0 saturated heterocycles. The molecule has 0 spiro atoms. The molecule has 1 N–H and O–H groups in total. The quantitative estimate of drug-likeness (QED) is 0.176. The number of fused-ring (bicyclic) bond motifs is 3. The van der Waals surface area contributed by atoms with Gasteiger partial charge in [0.05, 0.1) is 11.8 Å². The summed E-state index contributed by atoms with van der Waals surface area (Å²) in [7, 11) is 0. The van der Waals surface area contributed by atoms with Crippen LogP contribution in [0.15, 0.2) is 208 Å². The monoisotopic (exact) mass is 764 g/mol. The van der Waals surface area contributed by atoms with E-state index in [1.54, 1.807) is 0 Å². The SMILES string of the molecule is CC1C=CC(C2=CC(C3=N[C@@](C)(c4cccc(-c5ccccc5)c4)N=C(c4ccc(C5=NC6C=Cc7ccccc7C6(C)C(c6ccccc6)=C5)cc4)N3)CC=C2)=CC1. The summed E-state index contributed by atoms with van der Waals surface area (Å²) in [5.41, 5.74) is 12.9. The average molecular weight is 765 g/mol. The molecule has 5 atom stereocenters. The Labute approximate surface area is 348 Å². The van der Waals surface area contributed by atoms with Crippen LogP contribution in [0, 0.1) is 11.8 Å². The largest absolute Gasteiger partial charge is 0.328 e. The molecule has 0 fully saturated rings. The minimum Gasteiger partial charge on any atom is -0.328 e. The van der Waals surface area contributed by atoms with E-state index in [4.69, 9.17) is 15.0 Å². The van der Waals surface area contributed by atoms with Crippen molar-refractivity contribution in [2.75, 3.05) is 0 Å². The highest BCUT2D eigenvalue weighted by atomic mass is 15.2. The fourth-order valence-electron chi connectivity index (χ4n) is 9.30. The summed E-state index contributed by atoms with van der Waals surface area (Å²) < 4.78 is 0. The molecule has 0 radical (unpaired) electrons. The second-order valence-electron chi connectivity index (χ2n) is 16.8.